The Morgan fingerprint density at radius 2 is 1.84 bits per heavy atom. The molecule has 178 valence electrons. The van der Waals surface area contributed by atoms with E-state index in [-0.39, 0.29) is 28.9 Å². The van der Waals surface area contributed by atoms with Crippen LogP contribution in [-0.4, -0.2) is 41.2 Å². The third-order valence-electron chi connectivity index (χ3n) is 4.45. The van der Waals surface area contributed by atoms with E-state index in [2.05, 4.69) is 15.6 Å². The molecule has 2 aromatic rings. The summed E-state index contributed by atoms with van der Waals surface area (Å²) >= 11 is 0. The molecule has 0 aliphatic heterocycles. The van der Waals surface area contributed by atoms with Crippen LogP contribution in [0.5, 0.6) is 11.5 Å². The van der Waals surface area contributed by atoms with Gasteiger partial charge in [-0.05, 0) is 62.1 Å². The average Bonchev–Trinajstić information content (AvgIpc) is 2.75. The highest BCUT2D eigenvalue weighted by Crippen LogP contribution is 2.28. The number of aliphatic imine (C=N–C) groups is 1. The number of halogens is 1. The first-order chi connectivity index (χ1) is 14.9. The number of ether oxygens (including phenoxy) is 2. The van der Waals surface area contributed by atoms with Gasteiger partial charge in [0.05, 0.1) is 25.2 Å². The average molecular weight is 577 g/mol. The lowest BCUT2D eigenvalue weighted by Crippen LogP contribution is -2.37. The summed E-state index contributed by atoms with van der Waals surface area (Å²) in [7, 11) is -2.09. The van der Waals surface area contributed by atoms with E-state index in [9.17, 15) is 8.42 Å². The molecule has 0 spiro atoms. The second-order valence-electron chi connectivity index (χ2n) is 6.84. The third kappa shape index (κ3) is 9.21. The predicted octanol–water partition coefficient (Wildman–Crippen LogP) is 3.05. The van der Waals surface area contributed by atoms with Gasteiger partial charge >= 0.3 is 0 Å². The Morgan fingerprint density at radius 3 is 2.50 bits per heavy atom. The van der Waals surface area contributed by atoms with Gasteiger partial charge in [0.15, 0.2) is 17.5 Å². The number of nitrogens with one attached hydrogen (secondary N) is 2. The first-order valence-corrected chi connectivity index (χ1v) is 11.9. The normalized spacial score (nSPS) is 11.4. The van der Waals surface area contributed by atoms with Crippen LogP contribution < -0.4 is 25.2 Å². The van der Waals surface area contributed by atoms with Gasteiger partial charge in [0.2, 0.25) is 10.0 Å². The number of methoxy groups -OCH3 is 1. The Kier molecular flexibility index (Phi) is 12.4. The van der Waals surface area contributed by atoms with E-state index in [4.69, 9.17) is 14.6 Å². The number of guanidine groups is 1. The van der Waals surface area contributed by atoms with Crippen molar-refractivity contribution in [3.8, 4) is 11.5 Å². The molecule has 2 aromatic carbocycles. The molecule has 2 rings (SSSR count). The molecule has 0 unspecified atom stereocenters. The summed E-state index contributed by atoms with van der Waals surface area (Å²) in [6, 6.07) is 12.5. The van der Waals surface area contributed by atoms with Crippen molar-refractivity contribution in [2.75, 3.05) is 26.8 Å². The summed E-state index contributed by atoms with van der Waals surface area (Å²) in [4.78, 5) is 4.62. The molecule has 0 aromatic heterocycles. The molecule has 4 N–H and O–H groups in total. The van der Waals surface area contributed by atoms with Crippen LogP contribution in [0, 0.1) is 0 Å². The zero-order chi connectivity index (χ0) is 22.7. The van der Waals surface area contributed by atoms with E-state index >= 15 is 0 Å². The molecular weight excluding hydrogens is 543 g/mol. The van der Waals surface area contributed by atoms with Crippen LogP contribution in [0.1, 0.15) is 31.4 Å². The van der Waals surface area contributed by atoms with Crippen molar-refractivity contribution in [2.45, 2.75) is 38.1 Å². The van der Waals surface area contributed by atoms with Gasteiger partial charge in [-0.1, -0.05) is 18.2 Å². The van der Waals surface area contributed by atoms with Gasteiger partial charge in [0.1, 0.15) is 0 Å². The van der Waals surface area contributed by atoms with Crippen LogP contribution in [0.4, 0.5) is 0 Å². The highest BCUT2D eigenvalue weighted by atomic mass is 127. The molecule has 8 nitrogen and oxygen atoms in total. The van der Waals surface area contributed by atoms with Gasteiger partial charge in [0.25, 0.3) is 0 Å². The monoisotopic (exact) mass is 576 g/mol. The zero-order valence-corrected chi connectivity index (χ0v) is 21.9. The van der Waals surface area contributed by atoms with Crippen molar-refractivity contribution >= 4 is 40.0 Å². The van der Waals surface area contributed by atoms with E-state index in [1.165, 1.54) is 11.6 Å². The minimum Gasteiger partial charge on any atom is -0.493 e. The van der Waals surface area contributed by atoms with Crippen LogP contribution >= 0.6 is 24.0 Å². The first-order valence-electron chi connectivity index (χ1n) is 10.3. The second-order valence-corrected chi connectivity index (χ2v) is 8.40. The molecule has 0 saturated heterocycles. The largest absolute Gasteiger partial charge is 0.493 e. The Hall–Kier alpha value is -2.05. The zero-order valence-electron chi connectivity index (χ0n) is 18.8. The molecule has 0 aliphatic rings. The molecule has 0 radical (unpaired) electrons. The minimum atomic E-state index is -3.73. The molecule has 0 saturated carbocycles. The number of nitrogens with two attached hydrogens (primary N) is 1. The Labute approximate surface area is 208 Å². The third-order valence-corrected chi connectivity index (χ3v) is 5.36. The highest BCUT2D eigenvalue weighted by molar-refractivity contribution is 14.0. The molecule has 0 atom stereocenters. The topological polar surface area (TPSA) is 115 Å². The summed E-state index contributed by atoms with van der Waals surface area (Å²) in [5.41, 5.74) is 1.94. The lowest BCUT2D eigenvalue weighted by atomic mass is 10.1. The predicted molar refractivity (Wildman–Crippen MR) is 139 cm³/mol. The van der Waals surface area contributed by atoms with Crippen molar-refractivity contribution in [3.05, 3.63) is 53.6 Å². The van der Waals surface area contributed by atoms with E-state index in [1.807, 2.05) is 38.1 Å². The van der Waals surface area contributed by atoms with Crippen molar-refractivity contribution in [3.63, 3.8) is 0 Å². The maximum absolute atomic E-state index is 11.5. The quantitative estimate of drug-likeness (QED) is 0.164. The van der Waals surface area contributed by atoms with Crippen molar-refractivity contribution in [1.29, 1.82) is 0 Å². The number of primary sulfonamides is 1. The van der Waals surface area contributed by atoms with Crippen LogP contribution in [0.15, 0.2) is 52.4 Å². The lowest BCUT2D eigenvalue weighted by Gasteiger charge is -2.13. The van der Waals surface area contributed by atoms with Crippen molar-refractivity contribution in [2.24, 2.45) is 10.1 Å². The Balaban J connectivity index is 0.00000512. The van der Waals surface area contributed by atoms with Crippen LogP contribution in [0.25, 0.3) is 0 Å². The molecule has 32 heavy (non-hydrogen) atoms. The smallest absolute Gasteiger partial charge is 0.238 e. The molecule has 0 amide bonds. The summed E-state index contributed by atoms with van der Waals surface area (Å²) in [5.74, 6) is 2.16. The van der Waals surface area contributed by atoms with Crippen LogP contribution in [-0.2, 0) is 23.0 Å². The Bertz CT molecular complexity index is 984. The van der Waals surface area contributed by atoms with E-state index in [0.29, 0.717) is 19.1 Å². The fourth-order valence-electron chi connectivity index (χ4n) is 2.98. The summed E-state index contributed by atoms with van der Waals surface area (Å²) in [6.45, 7) is 6.32. The fourth-order valence-corrected chi connectivity index (χ4v) is 3.56. The van der Waals surface area contributed by atoms with Gasteiger partial charge in [-0.2, -0.15) is 0 Å². The van der Waals surface area contributed by atoms with Gasteiger partial charge in [-0.3, -0.25) is 0 Å². The molecule has 0 heterocycles. The molecular formula is C22H33IN4O4S. The number of hydrogen-bond acceptors (Lipinski definition) is 5. The van der Waals surface area contributed by atoms with Crippen molar-refractivity contribution in [1.82, 2.24) is 10.6 Å². The van der Waals surface area contributed by atoms with E-state index in [1.54, 1.807) is 19.2 Å². The van der Waals surface area contributed by atoms with Gasteiger partial charge in [-0.25, -0.2) is 18.5 Å². The highest BCUT2D eigenvalue weighted by Gasteiger charge is 2.08. The van der Waals surface area contributed by atoms with Crippen LogP contribution in [0.2, 0.25) is 0 Å². The number of nitrogens with zero attached hydrogens (tertiary/aromatic N) is 1. The SMILES string of the molecule is CCNC(=NCc1cccc(S(N)(=O)=O)c1)NCCCc1ccc(OC)c(OCC)c1.I. The minimum absolute atomic E-state index is 0. The number of aryl methyl sites for hydroxylation is 1. The van der Waals surface area contributed by atoms with Gasteiger partial charge < -0.3 is 20.1 Å². The summed E-state index contributed by atoms with van der Waals surface area (Å²) in [5, 5.41) is 11.7. The second kappa shape index (κ2) is 14.2. The van der Waals surface area contributed by atoms with E-state index in [0.717, 1.165) is 43.0 Å². The number of rotatable bonds is 11. The van der Waals surface area contributed by atoms with Gasteiger partial charge in [0, 0.05) is 13.1 Å². The lowest BCUT2D eigenvalue weighted by molar-refractivity contribution is 0.310. The molecule has 0 aliphatic carbocycles. The maximum Gasteiger partial charge on any atom is 0.238 e. The molecule has 0 bridgehead atoms. The fraction of sp³-hybridized carbons (Fsp3) is 0.409. The molecule has 10 heteroatoms. The molecule has 0 fully saturated rings. The number of benzene rings is 2. The maximum atomic E-state index is 11.5. The number of sulfonamides is 1. The van der Waals surface area contributed by atoms with Gasteiger partial charge in [-0.15, -0.1) is 24.0 Å². The van der Waals surface area contributed by atoms with Crippen LogP contribution in [0.3, 0.4) is 0 Å². The standard InChI is InChI=1S/C22H32N4O4S.HI/c1-4-24-22(26-16-18-8-6-10-19(14-18)31(23,27)28)25-13-7-9-17-11-12-20(29-3)21(15-17)30-5-2;/h6,8,10-12,14-15H,4-5,7,9,13,16H2,1-3H3,(H2,23,27,28)(H2,24,25,26);1H. The number of hydrogen-bond donors (Lipinski definition) is 3. The summed E-state index contributed by atoms with van der Waals surface area (Å²) in [6.07, 6.45) is 1.79. The van der Waals surface area contributed by atoms with E-state index < -0.39 is 10.0 Å². The first kappa shape index (κ1) is 28.0. The summed E-state index contributed by atoms with van der Waals surface area (Å²) < 4.78 is 34.0. The van der Waals surface area contributed by atoms with Crippen molar-refractivity contribution < 1.29 is 17.9 Å². The Morgan fingerprint density at radius 1 is 1.06 bits per heavy atom.